The molecule has 2 rings (SSSR count). The minimum absolute atomic E-state index is 0.0452. The lowest BCUT2D eigenvalue weighted by atomic mass is 10.0. The van der Waals surface area contributed by atoms with Crippen molar-refractivity contribution in [3.63, 3.8) is 0 Å². The topological polar surface area (TPSA) is 82.0 Å². The molecule has 0 radical (unpaired) electrons. The van der Waals surface area contributed by atoms with E-state index in [0.29, 0.717) is 11.3 Å². The molecular formula is C22H23N3O2. The Kier molecular flexibility index (Phi) is 6.90. The maximum Gasteiger partial charge on any atom is 0.267 e. The molecule has 2 aromatic carbocycles. The number of hydrogen-bond donors (Lipinski definition) is 2. The summed E-state index contributed by atoms with van der Waals surface area (Å²) in [6.07, 6.45) is 3.11. The Hall–Kier alpha value is -3.39. The number of anilines is 2. The van der Waals surface area contributed by atoms with E-state index < -0.39 is 5.91 Å². The highest BCUT2D eigenvalue weighted by atomic mass is 16.1. The lowest BCUT2D eigenvalue weighted by molar-refractivity contribution is -0.112. The van der Waals surface area contributed by atoms with E-state index in [4.69, 9.17) is 0 Å². The van der Waals surface area contributed by atoms with Crippen molar-refractivity contribution in [1.29, 1.82) is 5.26 Å². The molecule has 0 fully saturated rings. The Morgan fingerprint density at radius 2 is 1.70 bits per heavy atom. The fraction of sp³-hybridized carbons (Fsp3) is 0.227. The van der Waals surface area contributed by atoms with Crippen LogP contribution in [-0.2, 0) is 17.6 Å². The molecule has 0 aromatic heterocycles. The molecule has 5 heteroatoms. The zero-order chi connectivity index (χ0) is 19.8. The molecule has 0 spiro atoms. The Morgan fingerprint density at radius 3 is 2.26 bits per heavy atom. The number of amides is 1. The van der Waals surface area contributed by atoms with Gasteiger partial charge in [-0.15, -0.1) is 0 Å². The molecule has 0 aliphatic rings. The molecule has 0 saturated heterocycles. The first-order valence-corrected chi connectivity index (χ1v) is 8.90. The van der Waals surface area contributed by atoms with E-state index in [1.165, 1.54) is 13.1 Å². The molecular weight excluding hydrogens is 338 g/mol. The number of benzene rings is 2. The van der Waals surface area contributed by atoms with Gasteiger partial charge in [0.1, 0.15) is 11.6 Å². The van der Waals surface area contributed by atoms with E-state index in [2.05, 4.69) is 24.5 Å². The Morgan fingerprint density at radius 1 is 1.07 bits per heavy atom. The summed E-state index contributed by atoms with van der Waals surface area (Å²) < 4.78 is 0. The van der Waals surface area contributed by atoms with Gasteiger partial charge in [-0.05, 0) is 43.0 Å². The summed E-state index contributed by atoms with van der Waals surface area (Å²) in [5.41, 5.74) is 4.10. The molecule has 2 aromatic rings. The highest BCUT2D eigenvalue weighted by Gasteiger charge is 2.11. The second kappa shape index (κ2) is 9.35. The molecule has 0 bridgehead atoms. The lowest BCUT2D eigenvalue weighted by Gasteiger charge is -2.13. The van der Waals surface area contributed by atoms with Crippen LogP contribution >= 0.6 is 0 Å². The average molecular weight is 361 g/mol. The maximum absolute atomic E-state index is 12.4. The molecule has 138 valence electrons. The molecule has 1 amide bonds. The van der Waals surface area contributed by atoms with Crippen molar-refractivity contribution in [2.75, 3.05) is 10.6 Å². The SMILES string of the molecule is CCc1cccc(CC)c1N/C=C(/C#N)C(=O)Nc1cccc(C(C)=O)c1. The first kappa shape index (κ1) is 19.9. The molecule has 0 saturated carbocycles. The Labute approximate surface area is 159 Å². The largest absolute Gasteiger partial charge is 0.360 e. The number of ketones is 1. The van der Waals surface area contributed by atoms with Crippen molar-refractivity contribution in [2.45, 2.75) is 33.6 Å². The van der Waals surface area contributed by atoms with Gasteiger partial charge in [0.25, 0.3) is 5.91 Å². The minimum Gasteiger partial charge on any atom is -0.360 e. The van der Waals surface area contributed by atoms with E-state index >= 15 is 0 Å². The molecule has 5 nitrogen and oxygen atoms in total. The number of Topliss-reactive ketones (excluding diaryl/α,β-unsaturated/α-hetero) is 1. The van der Waals surface area contributed by atoms with E-state index in [0.717, 1.165) is 29.7 Å². The predicted octanol–water partition coefficient (Wildman–Crippen LogP) is 4.47. The highest BCUT2D eigenvalue weighted by molar-refractivity contribution is 6.07. The van der Waals surface area contributed by atoms with Gasteiger partial charge in [0.2, 0.25) is 0 Å². The van der Waals surface area contributed by atoms with Crippen LogP contribution in [0, 0.1) is 11.3 Å². The number of nitriles is 1. The summed E-state index contributed by atoms with van der Waals surface area (Å²) in [5.74, 6) is -0.621. The van der Waals surface area contributed by atoms with Crippen LogP contribution in [0.5, 0.6) is 0 Å². The third-order valence-corrected chi connectivity index (χ3v) is 4.25. The second-order valence-corrected chi connectivity index (χ2v) is 6.06. The van der Waals surface area contributed by atoms with Crippen LogP contribution < -0.4 is 10.6 Å². The van der Waals surface area contributed by atoms with Gasteiger partial charge in [0, 0.05) is 23.1 Å². The number of carbonyl (C=O) groups excluding carboxylic acids is 2. The van der Waals surface area contributed by atoms with E-state index in [1.54, 1.807) is 24.3 Å². The average Bonchev–Trinajstić information content (AvgIpc) is 2.68. The van der Waals surface area contributed by atoms with Gasteiger partial charge in [0.05, 0.1) is 0 Å². The van der Waals surface area contributed by atoms with Gasteiger partial charge in [-0.1, -0.05) is 44.2 Å². The lowest BCUT2D eigenvalue weighted by Crippen LogP contribution is -2.15. The van der Waals surface area contributed by atoms with Crippen molar-refractivity contribution < 1.29 is 9.59 Å². The van der Waals surface area contributed by atoms with Gasteiger partial charge in [0.15, 0.2) is 5.78 Å². The number of para-hydroxylation sites is 1. The van der Waals surface area contributed by atoms with Gasteiger partial charge >= 0.3 is 0 Å². The van der Waals surface area contributed by atoms with Crippen LogP contribution in [0.2, 0.25) is 0 Å². The van der Waals surface area contributed by atoms with Crippen LogP contribution in [0.1, 0.15) is 42.3 Å². The van der Waals surface area contributed by atoms with Crippen LogP contribution in [0.4, 0.5) is 11.4 Å². The summed E-state index contributed by atoms with van der Waals surface area (Å²) in [5, 5.41) is 15.2. The second-order valence-electron chi connectivity index (χ2n) is 6.06. The van der Waals surface area contributed by atoms with Gasteiger partial charge in [-0.25, -0.2) is 0 Å². The number of aryl methyl sites for hydroxylation is 2. The molecule has 2 N–H and O–H groups in total. The highest BCUT2D eigenvalue weighted by Crippen LogP contribution is 2.23. The molecule has 0 heterocycles. The number of nitrogens with one attached hydrogen (secondary N) is 2. The first-order chi connectivity index (χ1) is 13.0. The van der Waals surface area contributed by atoms with E-state index in [9.17, 15) is 14.9 Å². The summed E-state index contributed by atoms with van der Waals surface area (Å²) in [6, 6.07) is 14.6. The number of hydrogen-bond acceptors (Lipinski definition) is 4. The summed E-state index contributed by atoms with van der Waals surface area (Å²) in [4.78, 5) is 23.9. The first-order valence-electron chi connectivity index (χ1n) is 8.90. The summed E-state index contributed by atoms with van der Waals surface area (Å²) in [7, 11) is 0. The Balaban J connectivity index is 2.22. The number of rotatable bonds is 7. The molecule has 27 heavy (non-hydrogen) atoms. The number of carbonyl (C=O) groups is 2. The zero-order valence-corrected chi connectivity index (χ0v) is 15.8. The van der Waals surface area contributed by atoms with Crippen molar-refractivity contribution in [1.82, 2.24) is 0 Å². The fourth-order valence-electron chi connectivity index (χ4n) is 2.74. The van der Waals surface area contributed by atoms with Crippen molar-refractivity contribution >= 4 is 23.1 Å². The van der Waals surface area contributed by atoms with Crippen LogP contribution in [0.25, 0.3) is 0 Å². The van der Waals surface area contributed by atoms with Crippen molar-refractivity contribution in [2.24, 2.45) is 0 Å². The van der Waals surface area contributed by atoms with Crippen LogP contribution in [0.15, 0.2) is 54.2 Å². The zero-order valence-electron chi connectivity index (χ0n) is 15.8. The standard InChI is InChI=1S/C22H23N3O2/c1-4-16-8-6-9-17(5-2)21(16)24-14-19(13-23)22(27)25-20-11-7-10-18(12-20)15(3)26/h6-12,14,24H,4-5H2,1-3H3,(H,25,27)/b19-14-. The third-order valence-electron chi connectivity index (χ3n) is 4.25. The molecule has 0 aliphatic carbocycles. The molecule has 0 aliphatic heterocycles. The summed E-state index contributed by atoms with van der Waals surface area (Å²) >= 11 is 0. The van der Waals surface area contributed by atoms with E-state index in [1.807, 2.05) is 24.3 Å². The fourth-order valence-corrected chi connectivity index (χ4v) is 2.74. The molecule has 0 unspecified atom stereocenters. The van der Waals surface area contributed by atoms with Crippen molar-refractivity contribution in [3.05, 3.63) is 70.9 Å². The number of nitrogens with zero attached hydrogens (tertiary/aromatic N) is 1. The Bertz CT molecular complexity index is 901. The van der Waals surface area contributed by atoms with Gasteiger partial charge < -0.3 is 10.6 Å². The molecule has 0 atom stereocenters. The maximum atomic E-state index is 12.4. The quantitative estimate of drug-likeness (QED) is 0.433. The smallest absolute Gasteiger partial charge is 0.267 e. The summed E-state index contributed by atoms with van der Waals surface area (Å²) in [6.45, 7) is 5.58. The van der Waals surface area contributed by atoms with Crippen molar-refractivity contribution in [3.8, 4) is 6.07 Å². The third kappa shape index (κ3) is 5.05. The van der Waals surface area contributed by atoms with Gasteiger partial charge in [-0.3, -0.25) is 9.59 Å². The monoisotopic (exact) mass is 361 g/mol. The van der Waals surface area contributed by atoms with Crippen LogP contribution in [0.3, 0.4) is 0 Å². The van der Waals surface area contributed by atoms with E-state index in [-0.39, 0.29) is 11.4 Å². The van der Waals surface area contributed by atoms with Crippen LogP contribution in [-0.4, -0.2) is 11.7 Å². The predicted molar refractivity (Wildman–Crippen MR) is 108 cm³/mol. The normalized spacial score (nSPS) is 10.8. The minimum atomic E-state index is -0.530. The van der Waals surface area contributed by atoms with Gasteiger partial charge in [-0.2, -0.15) is 5.26 Å².